The van der Waals surface area contributed by atoms with Crippen molar-refractivity contribution in [2.45, 2.75) is 12.8 Å². The maximum absolute atomic E-state index is 13.2. The van der Waals surface area contributed by atoms with Crippen molar-refractivity contribution < 1.29 is 14.2 Å². The minimum atomic E-state index is -0.233. The standard InChI is InChI=1S/C17H19FO2/c1-20-17-7-5-13(6-8-17)9-15(12-19)10-14-3-2-4-16(18)11-14/h2-8,11,15,19H,9-10,12H2,1H3. The van der Waals surface area contributed by atoms with Crippen molar-refractivity contribution in [3.05, 3.63) is 65.5 Å². The van der Waals surface area contributed by atoms with Gasteiger partial charge in [-0.15, -0.1) is 0 Å². The van der Waals surface area contributed by atoms with Gasteiger partial charge in [0.2, 0.25) is 0 Å². The summed E-state index contributed by atoms with van der Waals surface area (Å²) in [7, 11) is 1.63. The van der Waals surface area contributed by atoms with Crippen LogP contribution in [-0.2, 0) is 12.8 Å². The average molecular weight is 274 g/mol. The molecule has 0 saturated carbocycles. The predicted octanol–water partition coefficient (Wildman–Crippen LogP) is 3.23. The van der Waals surface area contributed by atoms with Gasteiger partial charge in [0.15, 0.2) is 0 Å². The minimum absolute atomic E-state index is 0.0859. The highest BCUT2D eigenvalue weighted by Crippen LogP contribution is 2.18. The Hall–Kier alpha value is -1.87. The maximum Gasteiger partial charge on any atom is 0.123 e. The van der Waals surface area contributed by atoms with E-state index in [2.05, 4.69) is 0 Å². The van der Waals surface area contributed by atoms with Crippen LogP contribution < -0.4 is 4.74 Å². The molecule has 0 spiro atoms. The second-order valence-electron chi connectivity index (χ2n) is 4.93. The van der Waals surface area contributed by atoms with Crippen LogP contribution in [0.2, 0.25) is 0 Å². The molecule has 0 aliphatic carbocycles. The van der Waals surface area contributed by atoms with Gasteiger partial charge in [0.05, 0.1) is 7.11 Å². The fourth-order valence-electron chi connectivity index (χ4n) is 2.29. The number of hydrogen-bond acceptors (Lipinski definition) is 2. The third kappa shape index (κ3) is 4.07. The van der Waals surface area contributed by atoms with Crippen molar-refractivity contribution in [3.63, 3.8) is 0 Å². The summed E-state index contributed by atoms with van der Waals surface area (Å²) in [5.74, 6) is 0.674. The minimum Gasteiger partial charge on any atom is -0.497 e. The molecule has 20 heavy (non-hydrogen) atoms. The molecule has 1 atom stereocenters. The lowest BCUT2D eigenvalue weighted by Gasteiger charge is -2.14. The highest BCUT2D eigenvalue weighted by atomic mass is 19.1. The lowest BCUT2D eigenvalue weighted by molar-refractivity contribution is 0.225. The summed E-state index contributed by atoms with van der Waals surface area (Å²) in [5, 5.41) is 9.50. The van der Waals surface area contributed by atoms with Gasteiger partial charge in [0, 0.05) is 6.61 Å². The lowest BCUT2D eigenvalue weighted by Crippen LogP contribution is -2.13. The molecule has 0 radical (unpaired) electrons. The van der Waals surface area contributed by atoms with Gasteiger partial charge in [-0.3, -0.25) is 0 Å². The summed E-state index contributed by atoms with van der Waals surface area (Å²) >= 11 is 0. The summed E-state index contributed by atoms with van der Waals surface area (Å²) in [5.41, 5.74) is 2.05. The fourth-order valence-corrected chi connectivity index (χ4v) is 2.29. The molecule has 1 N–H and O–H groups in total. The van der Waals surface area contributed by atoms with Gasteiger partial charge in [-0.25, -0.2) is 4.39 Å². The van der Waals surface area contributed by atoms with Crippen molar-refractivity contribution in [2.24, 2.45) is 5.92 Å². The molecule has 0 fully saturated rings. The van der Waals surface area contributed by atoms with E-state index >= 15 is 0 Å². The van der Waals surface area contributed by atoms with Crippen molar-refractivity contribution >= 4 is 0 Å². The number of ether oxygens (including phenoxy) is 1. The van der Waals surface area contributed by atoms with Crippen molar-refractivity contribution in [1.82, 2.24) is 0 Å². The first kappa shape index (κ1) is 14.5. The van der Waals surface area contributed by atoms with E-state index in [0.717, 1.165) is 23.3 Å². The van der Waals surface area contributed by atoms with Gasteiger partial charge >= 0.3 is 0 Å². The fraction of sp³-hybridized carbons (Fsp3) is 0.294. The van der Waals surface area contributed by atoms with Crippen molar-refractivity contribution in [2.75, 3.05) is 13.7 Å². The number of rotatable bonds is 6. The summed E-state index contributed by atoms with van der Waals surface area (Å²) < 4.78 is 18.3. The number of benzene rings is 2. The van der Waals surface area contributed by atoms with Crippen molar-refractivity contribution in [1.29, 1.82) is 0 Å². The molecule has 0 aliphatic rings. The van der Waals surface area contributed by atoms with Gasteiger partial charge < -0.3 is 9.84 Å². The third-order valence-electron chi connectivity index (χ3n) is 3.36. The maximum atomic E-state index is 13.2. The van der Waals surface area contributed by atoms with Crippen LogP contribution in [0, 0.1) is 11.7 Å². The van der Waals surface area contributed by atoms with Crippen LogP contribution in [0.3, 0.4) is 0 Å². The third-order valence-corrected chi connectivity index (χ3v) is 3.36. The molecule has 2 nitrogen and oxygen atoms in total. The first-order valence-electron chi connectivity index (χ1n) is 6.69. The van der Waals surface area contributed by atoms with Gasteiger partial charge in [0.1, 0.15) is 11.6 Å². The van der Waals surface area contributed by atoms with Gasteiger partial charge in [-0.05, 0) is 54.2 Å². The van der Waals surface area contributed by atoms with Crippen LogP contribution >= 0.6 is 0 Å². The predicted molar refractivity (Wildman–Crippen MR) is 77.4 cm³/mol. The van der Waals surface area contributed by atoms with E-state index in [1.165, 1.54) is 12.1 Å². The molecule has 2 rings (SSSR count). The normalized spacial score (nSPS) is 12.2. The monoisotopic (exact) mass is 274 g/mol. The number of hydrogen-bond donors (Lipinski definition) is 1. The molecule has 0 aromatic heterocycles. The molecular weight excluding hydrogens is 255 g/mol. The van der Waals surface area contributed by atoms with Crippen LogP contribution in [0.25, 0.3) is 0 Å². The number of aliphatic hydroxyl groups excluding tert-OH is 1. The molecule has 2 aromatic carbocycles. The smallest absolute Gasteiger partial charge is 0.123 e. The Balaban J connectivity index is 2.01. The van der Waals surface area contributed by atoms with Crippen LogP contribution in [-0.4, -0.2) is 18.8 Å². The Labute approximate surface area is 118 Å². The molecule has 2 aromatic rings. The Morgan fingerprint density at radius 2 is 1.75 bits per heavy atom. The topological polar surface area (TPSA) is 29.5 Å². The Kier molecular flexibility index (Phi) is 5.13. The van der Waals surface area contributed by atoms with E-state index in [4.69, 9.17) is 4.74 Å². The molecule has 0 aliphatic heterocycles. The van der Waals surface area contributed by atoms with Gasteiger partial charge in [-0.2, -0.15) is 0 Å². The van der Waals surface area contributed by atoms with E-state index < -0.39 is 0 Å². The Bertz CT molecular complexity index is 537. The van der Waals surface area contributed by atoms with E-state index in [-0.39, 0.29) is 18.3 Å². The highest BCUT2D eigenvalue weighted by Gasteiger charge is 2.10. The van der Waals surface area contributed by atoms with E-state index in [9.17, 15) is 9.50 Å². The van der Waals surface area contributed by atoms with Crippen LogP contribution in [0.1, 0.15) is 11.1 Å². The van der Waals surface area contributed by atoms with E-state index in [0.29, 0.717) is 6.42 Å². The second kappa shape index (κ2) is 7.06. The van der Waals surface area contributed by atoms with Crippen LogP contribution in [0.15, 0.2) is 48.5 Å². The molecule has 0 bridgehead atoms. The zero-order chi connectivity index (χ0) is 14.4. The average Bonchev–Trinajstić information content (AvgIpc) is 2.47. The number of aliphatic hydroxyl groups is 1. The molecule has 0 heterocycles. The highest BCUT2D eigenvalue weighted by molar-refractivity contribution is 5.27. The van der Waals surface area contributed by atoms with E-state index in [1.54, 1.807) is 13.2 Å². The van der Waals surface area contributed by atoms with Crippen LogP contribution in [0.5, 0.6) is 5.75 Å². The Morgan fingerprint density at radius 1 is 1.05 bits per heavy atom. The van der Waals surface area contributed by atoms with Crippen LogP contribution in [0.4, 0.5) is 4.39 Å². The van der Waals surface area contributed by atoms with Gasteiger partial charge in [0.25, 0.3) is 0 Å². The zero-order valence-corrected chi connectivity index (χ0v) is 11.6. The summed E-state index contributed by atoms with van der Waals surface area (Å²) in [6.45, 7) is 0.0859. The van der Waals surface area contributed by atoms with E-state index in [1.807, 2.05) is 30.3 Å². The quantitative estimate of drug-likeness (QED) is 0.876. The molecule has 0 saturated heterocycles. The second-order valence-corrected chi connectivity index (χ2v) is 4.93. The summed E-state index contributed by atoms with van der Waals surface area (Å²) in [6.07, 6.45) is 1.43. The molecule has 3 heteroatoms. The molecule has 1 unspecified atom stereocenters. The van der Waals surface area contributed by atoms with Gasteiger partial charge in [-0.1, -0.05) is 24.3 Å². The number of halogens is 1. The first-order valence-corrected chi connectivity index (χ1v) is 6.69. The van der Waals surface area contributed by atoms with Crippen molar-refractivity contribution in [3.8, 4) is 5.75 Å². The summed E-state index contributed by atoms with van der Waals surface area (Å²) in [6, 6.07) is 14.3. The first-order chi connectivity index (χ1) is 9.71. The molecule has 106 valence electrons. The largest absolute Gasteiger partial charge is 0.497 e. The Morgan fingerprint density at radius 3 is 2.35 bits per heavy atom. The summed E-state index contributed by atoms with van der Waals surface area (Å²) in [4.78, 5) is 0. The number of methoxy groups -OCH3 is 1. The SMILES string of the molecule is COc1ccc(CC(CO)Cc2cccc(F)c2)cc1. The lowest BCUT2D eigenvalue weighted by atomic mass is 9.93. The molecule has 0 amide bonds. The molecular formula is C17H19FO2. The zero-order valence-electron chi connectivity index (χ0n) is 11.6.